The topological polar surface area (TPSA) is 41.6 Å². The molecule has 1 N–H and O–H groups in total. The molecule has 0 bridgehead atoms. The van der Waals surface area contributed by atoms with Crippen LogP contribution in [0.25, 0.3) is 0 Å². The van der Waals surface area contributed by atoms with E-state index in [1.165, 1.54) is 24.3 Å². The summed E-state index contributed by atoms with van der Waals surface area (Å²) in [4.78, 5) is 14.8. The van der Waals surface area contributed by atoms with Crippen LogP contribution < -0.4 is 10.1 Å². The number of ether oxygens (including phenoxy) is 1. The lowest BCUT2D eigenvalue weighted by Gasteiger charge is -2.33. The third kappa shape index (κ3) is 3.54. The van der Waals surface area contributed by atoms with E-state index < -0.39 is 0 Å². The standard InChI is InChI=1S/C21H22F2N2O2/c1-25-11-17(21(26)24-9-8-13-2-4-14(22)5-3-13)18-12-27-19-7-6-15(23)10-16(19)20(18)25/h2-7,10,17-18,20H,8-9,11-12H2,1H3,(H,24,26)/t17-,18+,20+/m1/s1. The lowest BCUT2D eigenvalue weighted by molar-refractivity contribution is -0.126. The highest BCUT2D eigenvalue weighted by atomic mass is 19.1. The van der Waals surface area contributed by atoms with E-state index in [0.717, 1.165) is 11.1 Å². The minimum Gasteiger partial charge on any atom is -0.493 e. The second-order valence-electron chi connectivity index (χ2n) is 7.32. The van der Waals surface area contributed by atoms with Gasteiger partial charge in [-0.2, -0.15) is 0 Å². The molecule has 0 spiro atoms. The quantitative estimate of drug-likeness (QED) is 0.897. The fourth-order valence-corrected chi connectivity index (χ4v) is 4.24. The normalized spacial score (nSPS) is 24.0. The highest BCUT2D eigenvalue weighted by molar-refractivity contribution is 5.80. The number of hydrogen-bond acceptors (Lipinski definition) is 3. The second kappa shape index (κ2) is 7.27. The zero-order valence-electron chi connectivity index (χ0n) is 15.1. The molecule has 0 aromatic heterocycles. The van der Waals surface area contributed by atoms with Crippen LogP contribution in [0.3, 0.4) is 0 Å². The summed E-state index contributed by atoms with van der Waals surface area (Å²) in [5.41, 5.74) is 1.79. The van der Waals surface area contributed by atoms with Crippen LogP contribution >= 0.6 is 0 Å². The molecule has 0 unspecified atom stereocenters. The summed E-state index contributed by atoms with van der Waals surface area (Å²) < 4.78 is 32.5. The van der Waals surface area contributed by atoms with Gasteiger partial charge < -0.3 is 10.1 Å². The maximum Gasteiger partial charge on any atom is 0.224 e. The van der Waals surface area contributed by atoms with Gasteiger partial charge in [0.25, 0.3) is 0 Å². The lowest BCUT2D eigenvalue weighted by atomic mass is 9.85. The summed E-state index contributed by atoms with van der Waals surface area (Å²) in [5.74, 6) is -0.0861. The van der Waals surface area contributed by atoms with Crippen molar-refractivity contribution in [3.8, 4) is 5.75 Å². The molecule has 2 aliphatic heterocycles. The van der Waals surface area contributed by atoms with Gasteiger partial charge in [0.15, 0.2) is 0 Å². The average molecular weight is 372 g/mol. The van der Waals surface area contributed by atoms with Crippen molar-refractivity contribution in [3.63, 3.8) is 0 Å². The molecule has 2 heterocycles. The van der Waals surface area contributed by atoms with Crippen molar-refractivity contribution < 1.29 is 18.3 Å². The number of likely N-dealkylation sites (tertiary alicyclic amines) is 1. The summed E-state index contributed by atoms with van der Waals surface area (Å²) in [6.45, 7) is 1.55. The number of rotatable bonds is 4. The first-order valence-electron chi connectivity index (χ1n) is 9.17. The van der Waals surface area contributed by atoms with Crippen LogP contribution in [0.5, 0.6) is 5.75 Å². The van der Waals surface area contributed by atoms with Crippen molar-refractivity contribution in [1.82, 2.24) is 10.2 Å². The number of carbonyl (C=O) groups excluding carboxylic acids is 1. The van der Waals surface area contributed by atoms with E-state index >= 15 is 0 Å². The van der Waals surface area contributed by atoms with E-state index in [0.29, 0.717) is 31.9 Å². The summed E-state index contributed by atoms with van der Waals surface area (Å²) in [6.07, 6.45) is 0.646. The molecule has 2 aliphatic rings. The minimum atomic E-state index is -0.293. The Labute approximate surface area is 157 Å². The van der Waals surface area contributed by atoms with E-state index in [-0.39, 0.29) is 35.4 Å². The number of carbonyl (C=O) groups is 1. The summed E-state index contributed by atoms with van der Waals surface area (Å²) in [6, 6.07) is 10.8. The van der Waals surface area contributed by atoms with Crippen molar-refractivity contribution in [2.75, 3.05) is 26.7 Å². The number of halogens is 2. The van der Waals surface area contributed by atoms with Gasteiger partial charge in [-0.25, -0.2) is 8.78 Å². The maximum atomic E-state index is 13.7. The minimum absolute atomic E-state index is 0.00452. The average Bonchev–Trinajstić information content (AvgIpc) is 3.00. The molecule has 3 atom stereocenters. The molecule has 4 rings (SSSR count). The molecule has 4 nitrogen and oxygen atoms in total. The van der Waals surface area contributed by atoms with E-state index in [1.807, 2.05) is 7.05 Å². The number of benzene rings is 2. The molecule has 1 saturated heterocycles. The fourth-order valence-electron chi connectivity index (χ4n) is 4.24. The van der Waals surface area contributed by atoms with E-state index in [1.54, 1.807) is 18.2 Å². The van der Waals surface area contributed by atoms with Gasteiger partial charge in [0, 0.05) is 30.6 Å². The van der Waals surface area contributed by atoms with Crippen molar-refractivity contribution in [2.24, 2.45) is 11.8 Å². The number of fused-ring (bicyclic) bond motifs is 3. The van der Waals surface area contributed by atoms with Crippen LogP contribution in [0, 0.1) is 23.5 Å². The van der Waals surface area contributed by atoms with E-state index in [9.17, 15) is 13.6 Å². The first kappa shape index (κ1) is 17.9. The Morgan fingerprint density at radius 2 is 1.93 bits per heavy atom. The molecule has 2 aromatic carbocycles. The smallest absolute Gasteiger partial charge is 0.224 e. The maximum absolute atomic E-state index is 13.7. The first-order chi connectivity index (χ1) is 13.0. The predicted octanol–water partition coefficient (Wildman–Crippen LogP) is 2.94. The van der Waals surface area contributed by atoms with Gasteiger partial charge in [0.05, 0.1) is 12.5 Å². The Morgan fingerprint density at radius 3 is 2.70 bits per heavy atom. The zero-order valence-corrected chi connectivity index (χ0v) is 15.1. The van der Waals surface area contributed by atoms with Crippen LogP contribution in [0.15, 0.2) is 42.5 Å². The van der Waals surface area contributed by atoms with Crippen molar-refractivity contribution in [3.05, 3.63) is 65.2 Å². The van der Waals surface area contributed by atoms with Crippen LogP contribution in [0.4, 0.5) is 8.78 Å². The summed E-state index contributed by atoms with van der Waals surface area (Å²) in [5, 5.41) is 2.99. The number of nitrogens with one attached hydrogen (secondary N) is 1. The largest absolute Gasteiger partial charge is 0.493 e. The molecular weight excluding hydrogens is 350 g/mol. The number of nitrogens with zero attached hydrogens (tertiary/aromatic N) is 1. The Kier molecular flexibility index (Phi) is 4.83. The van der Waals surface area contributed by atoms with Gasteiger partial charge in [0.1, 0.15) is 17.4 Å². The SMILES string of the molecule is CN1C[C@@H](C(=O)NCCc2ccc(F)cc2)[C@@H]2COc3ccc(F)cc3[C@@H]21. The van der Waals surface area contributed by atoms with Crippen molar-refractivity contribution in [1.29, 1.82) is 0 Å². The molecule has 0 aliphatic carbocycles. The molecule has 0 radical (unpaired) electrons. The van der Waals surface area contributed by atoms with E-state index in [2.05, 4.69) is 10.2 Å². The predicted molar refractivity (Wildman–Crippen MR) is 97.4 cm³/mol. The van der Waals surface area contributed by atoms with Crippen molar-refractivity contribution in [2.45, 2.75) is 12.5 Å². The Morgan fingerprint density at radius 1 is 1.19 bits per heavy atom. The highest BCUT2D eigenvalue weighted by Gasteiger charge is 2.47. The molecule has 2 aromatic rings. The zero-order chi connectivity index (χ0) is 19.0. The number of amides is 1. The molecule has 142 valence electrons. The Hall–Kier alpha value is -2.47. The van der Waals surface area contributed by atoms with Crippen molar-refractivity contribution >= 4 is 5.91 Å². The molecular formula is C21H22F2N2O2. The fraction of sp³-hybridized carbons (Fsp3) is 0.381. The monoisotopic (exact) mass is 372 g/mol. The molecule has 6 heteroatoms. The van der Waals surface area contributed by atoms with Crippen LogP contribution in [-0.4, -0.2) is 37.6 Å². The van der Waals surface area contributed by atoms with Gasteiger partial charge in [0.2, 0.25) is 5.91 Å². The van der Waals surface area contributed by atoms with Gasteiger partial charge in [-0.1, -0.05) is 12.1 Å². The Balaban J connectivity index is 1.41. The second-order valence-corrected chi connectivity index (χ2v) is 7.32. The lowest BCUT2D eigenvalue weighted by Crippen LogP contribution is -2.38. The third-order valence-corrected chi connectivity index (χ3v) is 5.57. The first-order valence-corrected chi connectivity index (χ1v) is 9.17. The highest BCUT2D eigenvalue weighted by Crippen LogP contribution is 2.46. The summed E-state index contributed by atoms with van der Waals surface area (Å²) >= 11 is 0. The van der Waals surface area contributed by atoms with Gasteiger partial charge in [-0.15, -0.1) is 0 Å². The molecule has 27 heavy (non-hydrogen) atoms. The van der Waals surface area contributed by atoms with E-state index in [4.69, 9.17) is 4.74 Å². The van der Waals surface area contributed by atoms with Crippen LogP contribution in [0.2, 0.25) is 0 Å². The van der Waals surface area contributed by atoms with Crippen LogP contribution in [-0.2, 0) is 11.2 Å². The molecule has 1 amide bonds. The molecule has 1 fully saturated rings. The van der Waals surface area contributed by atoms with Gasteiger partial charge in [-0.3, -0.25) is 9.69 Å². The van der Waals surface area contributed by atoms with Crippen LogP contribution in [0.1, 0.15) is 17.2 Å². The Bertz CT molecular complexity index is 841. The van der Waals surface area contributed by atoms with Gasteiger partial charge >= 0.3 is 0 Å². The summed E-state index contributed by atoms with van der Waals surface area (Å²) in [7, 11) is 1.96. The van der Waals surface area contributed by atoms with Gasteiger partial charge in [-0.05, 0) is 49.4 Å². The number of hydrogen-bond donors (Lipinski definition) is 1. The molecule has 0 saturated carbocycles. The third-order valence-electron chi connectivity index (χ3n) is 5.57.